The molecule has 0 spiro atoms. The van der Waals surface area contributed by atoms with Gasteiger partial charge in [0.1, 0.15) is 11.9 Å². The number of carbonyl (C=O) groups is 1. The van der Waals surface area contributed by atoms with Crippen molar-refractivity contribution in [2.45, 2.75) is 24.4 Å². The number of anilines is 1. The van der Waals surface area contributed by atoms with Gasteiger partial charge in [0.15, 0.2) is 5.69 Å². The Kier molecular flexibility index (Phi) is 5.29. The summed E-state index contributed by atoms with van der Waals surface area (Å²) in [6.45, 7) is -0.120. The van der Waals surface area contributed by atoms with Gasteiger partial charge in [-0.3, -0.25) is 9.78 Å². The number of nitrogens with zero attached hydrogens (tertiary/aromatic N) is 3. The first-order chi connectivity index (χ1) is 12.8. The molecule has 1 fully saturated rings. The van der Waals surface area contributed by atoms with Gasteiger partial charge in [0.25, 0.3) is 5.91 Å². The lowest BCUT2D eigenvalue weighted by atomic mass is 9.98. The maximum Gasteiger partial charge on any atom is 0.434 e. The minimum atomic E-state index is -4.66. The number of hydrogen-bond donors (Lipinski definition) is 3. The van der Waals surface area contributed by atoms with E-state index in [0.717, 1.165) is 6.20 Å². The van der Waals surface area contributed by atoms with Crippen LogP contribution in [0.1, 0.15) is 16.1 Å². The number of carbonyl (C=O) groups excluding carboxylic acids is 1. The smallest absolute Gasteiger partial charge is 0.388 e. The SMILES string of the molecule is O=C(c1ccccc1)N1C[C@H](Nc2cncc(C(F)(F)F)n2)[C@@H](O)[C@@H](O)C1. The summed E-state index contributed by atoms with van der Waals surface area (Å²) in [5.74, 6) is -0.571. The Bertz CT molecular complexity index is 804. The Labute approximate surface area is 152 Å². The van der Waals surface area contributed by atoms with E-state index < -0.39 is 30.1 Å². The first-order valence-corrected chi connectivity index (χ1v) is 8.12. The van der Waals surface area contributed by atoms with Crippen molar-refractivity contribution in [3.8, 4) is 0 Å². The number of likely N-dealkylation sites (tertiary alicyclic amines) is 1. The fraction of sp³-hybridized carbons (Fsp3) is 0.353. The Hall–Kier alpha value is -2.72. The van der Waals surface area contributed by atoms with E-state index >= 15 is 0 Å². The first-order valence-electron chi connectivity index (χ1n) is 8.12. The molecule has 7 nitrogen and oxygen atoms in total. The summed E-state index contributed by atoms with van der Waals surface area (Å²) in [5, 5.41) is 22.9. The molecule has 1 aromatic heterocycles. The van der Waals surface area contributed by atoms with Gasteiger partial charge in [0.2, 0.25) is 0 Å². The second-order valence-electron chi connectivity index (χ2n) is 6.17. The van der Waals surface area contributed by atoms with Crippen LogP contribution in [-0.4, -0.2) is 62.3 Å². The van der Waals surface area contributed by atoms with E-state index in [0.29, 0.717) is 11.8 Å². The summed E-state index contributed by atoms with van der Waals surface area (Å²) in [4.78, 5) is 20.8. The highest BCUT2D eigenvalue weighted by Gasteiger charge is 2.38. The normalized spacial score (nSPS) is 23.1. The Morgan fingerprint density at radius 1 is 1.15 bits per heavy atom. The number of aromatic nitrogens is 2. The Balaban J connectivity index is 1.77. The van der Waals surface area contributed by atoms with Gasteiger partial charge < -0.3 is 20.4 Å². The summed E-state index contributed by atoms with van der Waals surface area (Å²) in [5.41, 5.74) is -0.783. The molecule has 2 heterocycles. The number of amides is 1. The third-order valence-corrected chi connectivity index (χ3v) is 4.20. The lowest BCUT2D eigenvalue weighted by molar-refractivity contribution is -0.141. The van der Waals surface area contributed by atoms with Crippen molar-refractivity contribution < 1.29 is 28.2 Å². The molecular formula is C17H17F3N4O3. The number of piperidine rings is 1. The molecule has 1 aromatic carbocycles. The number of hydrogen-bond acceptors (Lipinski definition) is 6. The molecule has 3 rings (SSSR count). The van der Waals surface area contributed by atoms with Gasteiger partial charge in [-0.15, -0.1) is 0 Å². The molecule has 0 saturated carbocycles. The number of rotatable bonds is 3. The molecular weight excluding hydrogens is 365 g/mol. The number of aliphatic hydroxyl groups excluding tert-OH is 2. The molecule has 1 amide bonds. The van der Waals surface area contributed by atoms with Crippen LogP contribution in [0.2, 0.25) is 0 Å². The van der Waals surface area contributed by atoms with E-state index in [2.05, 4.69) is 15.3 Å². The number of nitrogens with one attached hydrogen (secondary N) is 1. The number of alkyl halides is 3. The van der Waals surface area contributed by atoms with Crippen LogP contribution < -0.4 is 5.32 Å². The second kappa shape index (κ2) is 7.49. The summed E-state index contributed by atoms with van der Waals surface area (Å²) in [6, 6.07) is 7.44. The summed E-state index contributed by atoms with van der Waals surface area (Å²) in [6.07, 6.45) is -5.55. The molecule has 3 atom stereocenters. The molecule has 0 unspecified atom stereocenters. The predicted octanol–water partition coefficient (Wildman–Crippen LogP) is 1.15. The number of β-amino-alcohol motifs (C(OH)–C–C–N with tert-alkyl or cyclic N) is 1. The third-order valence-electron chi connectivity index (χ3n) is 4.20. The third kappa shape index (κ3) is 4.34. The van der Waals surface area contributed by atoms with Crippen molar-refractivity contribution in [1.29, 1.82) is 0 Å². The number of benzene rings is 1. The zero-order chi connectivity index (χ0) is 19.6. The predicted molar refractivity (Wildman–Crippen MR) is 88.8 cm³/mol. The lowest BCUT2D eigenvalue weighted by Crippen LogP contribution is -2.59. The van der Waals surface area contributed by atoms with E-state index in [-0.39, 0.29) is 24.8 Å². The van der Waals surface area contributed by atoms with Crippen LogP contribution in [0.25, 0.3) is 0 Å². The van der Waals surface area contributed by atoms with Gasteiger partial charge in [-0.2, -0.15) is 13.2 Å². The minimum absolute atomic E-state index is 0.0239. The Morgan fingerprint density at radius 3 is 2.52 bits per heavy atom. The van der Waals surface area contributed by atoms with E-state index in [1.807, 2.05) is 0 Å². The van der Waals surface area contributed by atoms with Gasteiger partial charge in [0, 0.05) is 18.7 Å². The topological polar surface area (TPSA) is 98.6 Å². The van der Waals surface area contributed by atoms with Crippen molar-refractivity contribution in [1.82, 2.24) is 14.9 Å². The Morgan fingerprint density at radius 2 is 1.85 bits per heavy atom. The average molecular weight is 382 g/mol. The molecule has 27 heavy (non-hydrogen) atoms. The molecule has 0 bridgehead atoms. The van der Waals surface area contributed by atoms with Crippen LogP contribution in [-0.2, 0) is 6.18 Å². The van der Waals surface area contributed by atoms with Gasteiger partial charge in [-0.05, 0) is 12.1 Å². The molecule has 0 radical (unpaired) electrons. The molecule has 1 saturated heterocycles. The molecule has 1 aliphatic rings. The van der Waals surface area contributed by atoms with Gasteiger partial charge in [0.05, 0.1) is 24.5 Å². The van der Waals surface area contributed by atoms with Crippen LogP contribution in [0.15, 0.2) is 42.7 Å². The standard InChI is InChI=1S/C17H17F3N4O3/c18-17(19,20)13-6-21-7-14(23-13)22-11-8-24(9-12(25)15(11)26)16(27)10-4-2-1-3-5-10/h1-7,11-12,15,25-26H,8-9H2,(H,22,23)/t11-,12-,15+/m0/s1. The molecule has 0 aliphatic carbocycles. The van der Waals surface area contributed by atoms with Crippen molar-refractivity contribution in [3.05, 3.63) is 54.0 Å². The first kappa shape index (κ1) is 19.1. The van der Waals surface area contributed by atoms with Crippen molar-refractivity contribution in [2.24, 2.45) is 0 Å². The zero-order valence-electron chi connectivity index (χ0n) is 14.0. The maximum absolute atomic E-state index is 12.8. The van der Waals surface area contributed by atoms with E-state index in [1.54, 1.807) is 30.3 Å². The van der Waals surface area contributed by atoms with Crippen LogP contribution in [0.3, 0.4) is 0 Å². The highest BCUT2D eigenvalue weighted by molar-refractivity contribution is 5.94. The van der Waals surface area contributed by atoms with Crippen LogP contribution in [0.5, 0.6) is 0 Å². The maximum atomic E-state index is 12.8. The summed E-state index contributed by atoms with van der Waals surface area (Å²) >= 11 is 0. The summed E-state index contributed by atoms with van der Waals surface area (Å²) in [7, 11) is 0. The number of halogens is 3. The lowest BCUT2D eigenvalue weighted by Gasteiger charge is -2.39. The quantitative estimate of drug-likeness (QED) is 0.737. The fourth-order valence-corrected chi connectivity index (χ4v) is 2.84. The molecule has 144 valence electrons. The minimum Gasteiger partial charge on any atom is -0.388 e. The molecule has 10 heteroatoms. The van der Waals surface area contributed by atoms with Gasteiger partial charge in [-0.25, -0.2) is 4.98 Å². The number of aliphatic hydroxyl groups is 2. The van der Waals surface area contributed by atoms with Gasteiger partial charge >= 0.3 is 6.18 Å². The zero-order valence-corrected chi connectivity index (χ0v) is 14.0. The van der Waals surface area contributed by atoms with E-state index in [1.165, 1.54) is 4.90 Å². The molecule has 1 aliphatic heterocycles. The second-order valence-corrected chi connectivity index (χ2v) is 6.17. The van der Waals surface area contributed by atoms with Crippen LogP contribution in [0.4, 0.5) is 19.0 Å². The van der Waals surface area contributed by atoms with E-state index in [9.17, 15) is 28.2 Å². The average Bonchev–Trinajstić information content (AvgIpc) is 2.65. The van der Waals surface area contributed by atoms with E-state index in [4.69, 9.17) is 0 Å². The molecule has 3 N–H and O–H groups in total. The van der Waals surface area contributed by atoms with Crippen molar-refractivity contribution in [2.75, 3.05) is 18.4 Å². The monoisotopic (exact) mass is 382 g/mol. The van der Waals surface area contributed by atoms with Crippen LogP contribution in [0, 0.1) is 0 Å². The largest absolute Gasteiger partial charge is 0.434 e. The van der Waals surface area contributed by atoms with Crippen LogP contribution >= 0.6 is 0 Å². The van der Waals surface area contributed by atoms with Gasteiger partial charge in [-0.1, -0.05) is 18.2 Å². The highest BCUT2D eigenvalue weighted by Crippen LogP contribution is 2.28. The fourth-order valence-electron chi connectivity index (χ4n) is 2.84. The molecule has 2 aromatic rings. The summed E-state index contributed by atoms with van der Waals surface area (Å²) < 4.78 is 38.3. The van der Waals surface area contributed by atoms with Crippen molar-refractivity contribution >= 4 is 11.7 Å². The van der Waals surface area contributed by atoms with Crippen molar-refractivity contribution in [3.63, 3.8) is 0 Å². The highest BCUT2D eigenvalue weighted by atomic mass is 19.4.